The van der Waals surface area contributed by atoms with E-state index in [-0.39, 0.29) is 11.8 Å². The Morgan fingerprint density at radius 2 is 1.80 bits per heavy atom. The number of amides is 1. The van der Waals surface area contributed by atoms with Gasteiger partial charge in [0.05, 0.1) is 5.56 Å². The van der Waals surface area contributed by atoms with Crippen LogP contribution in [0.5, 0.6) is 0 Å². The first-order valence-corrected chi connectivity index (χ1v) is 9.13. The van der Waals surface area contributed by atoms with Crippen LogP contribution in [0.2, 0.25) is 0 Å². The van der Waals surface area contributed by atoms with E-state index in [1.54, 1.807) is 6.07 Å². The van der Waals surface area contributed by atoms with Gasteiger partial charge in [-0.1, -0.05) is 12.5 Å². The van der Waals surface area contributed by atoms with Crippen LogP contribution in [0, 0.1) is 17.8 Å². The fourth-order valence-electron chi connectivity index (χ4n) is 4.85. The second kappa shape index (κ2) is 6.22. The number of hydrogen-bond donors (Lipinski definition) is 0. The van der Waals surface area contributed by atoms with E-state index in [0.29, 0.717) is 37.8 Å². The molecule has 2 saturated carbocycles. The minimum absolute atomic E-state index is 0.193. The fraction of sp³-hybridized carbons (Fsp3) is 0.632. The van der Waals surface area contributed by atoms with Crippen LogP contribution in [0.3, 0.4) is 0 Å². The summed E-state index contributed by atoms with van der Waals surface area (Å²) in [7, 11) is 0. The number of anilines is 1. The van der Waals surface area contributed by atoms with Gasteiger partial charge in [-0.2, -0.15) is 13.2 Å². The summed E-state index contributed by atoms with van der Waals surface area (Å²) in [5.74, 6) is 1.78. The van der Waals surface area contributed by atoms with E-state index >= 15 is 0 Å². The highest BCUT2D eigenvalue weighted by atomic mass is 19.4. The van der Waals surface area contributed by atoms with Crippen LogP contribution in [0.25, 0.3) is 0 Å². The lowest BCUT2D eigenvalue weighted by atomic mass is 9.87. The number of carbonyl (C=O) groups is 1. The molecule has 1 amide bonds. The molecular formula is C19H23F3N2O. The third kappa shape index (κ3) is 3.23. The maximum Gasteiger partial charge on any atom is 0.416 e. The smallest absolute Gasteiger partial charge is 0.368 e. The first-order valence-electron chi connectivity index (χ1n) is 9.13. The van der Waals surface area contributed by atoms with Gasteiger partial charge >= 0.3 is 6.18 Å². The van der Waals surface area contributed by atoms with Crippen molar-refractivity contribution >= 4 is 11.6 Å². The molecule has 1 aromatic rings. The van der Waals surface area contributed by atoms with Crippen LogP contribution < -0.4 is 4.90 Å². The van der Waals surface area contributed by atoms with Crippen LogP contribution in [0.4, 0.5) is 18.9 Å². The van der Waals surface area contributed by atoms with Gasteiger partial charge in [0.2, 0.25) is 5.91 Å². The molecule has 2 aliphatic carbocycles. The molecule has 6 heteroatoms. The minimum Gasteiger partial charge on any atom is -0.368 e. The van der Waals surface area contributed by atoms with Crippen molar-refractivity contribution in [2.75, 3.05) is 31.1 Å². The maximum atomic E-state index is 12.9. The monoisotopic (exact) mass is 352 g/mol. The summed E-state index contributed by atoms with van der Waals surface area (Å²) in [6.45, 7) is 2.38. The molecule has 4 rings (SSSR count). The summed E-state index contributed by atoms with van der Waals surface area (Å²) < 4.78 is 38.6. The molecule has 3 nitrogen and oxygen atoms in total. The van der Waals surface area contributed by atoms with Gasteiger partial charge in [0, 0.05) is 37.8 Å². The van der Waals surface area contributed by atoms with Crippen molar-refractivity contribution in [3.63, 3.8) is 0 Å². The van der Waals surface area contributed by atoms with Crippen molar-refractivity contribution in [2.45, 2.75) is 31.9 Å². The van der Waals surface area contributed by atoms with Crippen LogP contribution >= 0.6 is 0 Å². The Labute approximate surface area is 145 Å². The molecule has 1 aliphatic heterocycles. The average Bonchev–Trinajstić information content (AvgIpc) is 3.24. The Morgan fingerprint density at radius 3 is 2.40 bits per heavy atom. The Balaban J connectivity index is 1.38. The number of nitrogens with zero attached hydrogens (tertiary/aromatic N) is 2. The van der Waals surface area contributed by atoms with E-state index in [4.69, 9.17) is 0 Å². The molecule has 0 radical (unpaired) electrons. The largest absolute Gasteiger partial charge is 0.416 e. The predicted octanol–water partition coefficient (Wildman–Crippen LogP) is 3.79. The topological polar surface area (TPSA) is 23.6 Å². The van der Waals surface area contributed by atoms with Crippen LogP contribution in [-0.4, -0.2) is 37.0 Å². The number of hydrogen-bond acceptors (Lipinski definition) is 2. The molecule has 1 heterocycles. The summed E-state index contributed by atoms with van der Waals surface area (Å²) in [6.07, 6.45) is 0.385. The Morgan fingerprint density at radius 1 is 1.04 bits per heavy atom. The molecule has 1 saturated heterocycles. The predicted molar refractivity (Wildman–Crippen MR) is 89.2 cm³/mol. The molecule has 136 valence electrons. The minimum atomic E-state index is -4.32. The number of benzene rings is 1. The van der Waals surface area contributed by atoms with Crippen molar-refractivity contribution in [2.24, 2.45) is 17.8 Å². The van der Waals surface area contributed by atoms with Crippen molar-refractivity contribution < 1.29 is 18.0 Å². The molecule has 0 spiro atoms. The van der Waals surface area contributed by atoms with Gasteiger partial charge in [0.25, 0.3) is 0 Å². The number of alkyl halides is 3. The molecule has 0 aromatic heterocycles. The van der Waals surface area contributed by atoms with Gasteiger partial charge in [-0.15, -0.1) is 0 Å². The molecule has 1 aromatic carbocycles. The molecular weight excluding hydrogens is 329 g/mol. The molecule has 3 aliphatic rings. The quantitative estimate of drug-likeness (QED) is 0.808. The first kappa shape index (κ1) is 16.7. The van der Waals surface area contributed by atoms with Crippen LogP contribution in [-0.2, 0) is 11.0 Å². The number of carbonyl (C=O) groups excluding carboxylic acids is 1. The summed E-state index contributed by atoms with van der Waals surface area (Å²) in [6, 6.07) is 5.46. The van der Waals surface area contributed by atoms with Gasteiger partial charge in [-0.25, -0.2) is 0 Å². The Bertz CT molecular complexity index is 652. The second-order valence-corrected chi connectivity index (χ2v) is 7.64. The maximum absolute atomic E-state index is 12.9. The molecule has 0 unspecified atom stereocenters. The average molecular weight is 352 g/mol. The van der Waals surface area contributed by atoms with Gasteiger partial charge in [0.15, 0.2) is 0 Å². The highest BCUT2D eigenvalue weighted by Crippen LogP contribution is 2.49. The standard InChI is InChI=1S/C19H23F3N2O/c20-19(21,22)15-2-1-3-16(12-15)23-6-8-24(9-7-23)18(25)17-11-13-4-5-14(17)10-13/h1-3,12-14,17H,4-11H2/t13-,14-,17+/m0/s1. The fourth-order valence-corrected chi connectivity index (χ4v) is 4.85. The summed E-state index contributed by atoms with van der Waals surface area (Å²) in [5, 5.41) is 0. The van der Waals surface area contributed by atoms with Gasteiger partial charge < -0.3 is 9.80 Å². The third-order valence-electron chi connectivity index (χ3n) is 6.19. The molecule has 0 N–H and O–H groups in total. The second-order valence-electron chi connectivity index (χ2n) is 7.64. The normalized spacial score (nSPS) is 29.3. The number of halogens is 3. The van der Waals surface area contributed by atoms with Crippen molar-refractivity contribution in [3.8, 4) is 0 Å². The number of rotatable bonds is 2. The van der Waals surface area contributed by atoms with Crippen LogP contribution in [0.15, 0.2) is 24.3 Å². The summed E-state index contributed by atoms with van der Waals surface area (Å²) in [5.41, 5.74) is -0.0349. The lowest BCUT2D eigenvalue weighted by Gasteiger charge is -2.38. The lowest BCUT2D eigenvalue weighted by Crippen LogP contribution is -2.51. The van der Waals surface area contributed by atoms with E-state index in [0.717, 1.165) is 18.4 Å². The Hall–Kier alpha value is -1.72. The zero-order valence-corrected chi connectivity index (χ0v) is 14.1. The van der Waals surface area contributed by atoms with Crippen molar-refractivity contribution in [1.29, 1.82) is 0 Å². The summed E-state index contributed by atoms with van der Waals surface area (Å²) in [4.78, 5) is 16.6. The van der Waals surface area contributed by atoms with Gasteiger partial charge in [0.1, 0.15) is 0 Å². The third-order valence-corrected chi connectivity index (χ3v) is 6.19. The van der Waals surface area contributed by atoms with E-state index < -0.39 is 11.7 Å². The molecule has 3 fully saturated rings. The number of fused-ring (bicyclic) bond motifs is 2. The molecule has 3 atom stereocenters. The number of piperazine rings is 1. The zero-order chi connectivity index (χ0) is 17.6. The van der Waals surface area contributed by atoms with Gasteiger partial charge in [-0.3, -0.25) is 4.79 Å². The van der Waals surface area contributed by atoms with Crippen LogP contribution in [0.1, 0.15) is 31.2 Å². The first-order chi connectivity index (χ1) is 11.9. The van der Waals surface area contributed by atoms with E-state index in [2.05, 4.69) is 0 Å². The van der Waals surface area contributed by atoms with Crippen molar-refractivity contribution in [1.82, 2.24) is 4.90 Å². The highest BCUT2D eigenvalue weighted by molar-refractivity contribution is 5.80. The van der Waals surface area contributed by atoms with Crippen molar-refractivity contribution in [3.05, 3.63) is 29.8 Å². The lowest BCUT2D eigenvalue weighted by molar-refractivity contribution is -0.138. The molecule has 2 bridgehead atoms. The van der Waals surface area contributed by atoms with E-state index in [9.17, 15) is 18.0 Å². The Kier molecular flexibility index (Phi) is 4.16. The van der Waals surface area contributed by atoms with E-state index in [1.165, 1.54) is 31.4 Å². The van der Waals surface area contributed by atoms with E-state index in [1.807, 2.05) is 9.80 Å². The summed E-state index contributed by atoms with van der Waals surface area (Å²) >= 11 is 0. The highest BCUT2D eigenvalue weighted by Gasteiger charge is 2.44. The SMILES string of the molecule is O=C([C@@H]1C[C@H]2CC[C@H]1C2)N1CCN(c2cccc(C(F)(F)F)c2)CC1. The molecule has 25 heavy (non-hydrogen) atoms. The zero-order valence-electron chi connectivity index (χ0n) is 14.1. The van der Waals surface area contributed by atoms with Gasteiger partial charge in [-0.05, 0) is 49.3 Å².